The number of benzene rings is 1. The van der Waals surface area contributed by atoms with E-state index in [4.69, 9.17) is 0 Å². The zero-order chi connectivity index (χ0) is 20.0. The van der Waals surface area contributed by atoms with Crippen LogP contribution in [0.15, 0.2) is 77.5 Å². The highest BCUT2D eigenvalue weighted by atomic mass is 32.2. The minimum Gasteiger partial charge on any atom is -0.259 e. The van der Waals surface area contributed by atoms with Gasteiger partial charge in [0, 0.05) is 12.7 Å². The van der Waals surface area contributed by atoms with Gasteiger partial charge < -0.3 is 0 Å². The van der Waals surface area contributed by atoms with Gasteiger partial charge in [-0.2, -0.15) is 0 Å². The molecule has 0 saturated carbocycles. The van der Waals surface area contributed by atoms with Crippen LogP contribution in [0.5, 0.6) is 0 Å². The van der Waals surface area contributed by atoms with Crippen molar-refractivity contribution >= 4 is 10.0 Å². The lowest BCUT2D eigenvalue weighted by atomic mass is 10.0. The largest absolute Gasteiger partial charge is 0.264 e. The van der Waals surface area contributed by atoms with Crippen molar-refractivity contribution in [2.24, 2.45) is 0 Å². The zero-order valence-corrected chi connectivity index (χ0v) is 16.9. The fourth-order valence-corrected chi connectivity index (χ4v) is 4.68. The molecule has 1 aromatic heterocycles. The van der Waals surface area contributed by atoms with E-state index in [2.05, 4.69) is 23.4 Å². The maximum Gasteiger partial charge on any atom is 0.264 e. The van der Waals surface area contributed by atoms with E-state index >= 15 is 0 Å². The molecule has 0 amide bonds. The summed E-state index contributed by atoms with van der Waals surface area (Å²) in [4.78, 5) is 4.52. The Morgan fingerprint density at radius 1 is 1.14 bits per heavy atom. The van der Waals surface area contributed by atoms with Gasteiger partial charge in [0.2, 0.25) is 0 Å². The third-order valence-electron chi connectivity index (χ3n) is 4.65. The van der Waals surface area contributed by atoms with Gasteiger partial charge in [-0.1, -0.05) is 29.8 Å². The highest BCUT2D eigenvalue weighted by Gasteiger charge is 2.29. The molecule has 0 bridgehead atoms. The molecule has 0 spiro atoms. The monoisotopic (exact) mass is 392 g/mol. The molecular formula is C23H24N2O2S. The van der Waals surface area contributed by atoms with E-state index in [1.54, 1.807) is 24.4 Å². The lowest BCUT2D eigenvalue weighted by molar-refractivity contribution is 0.480. The number of nitrogens with zero attached hydrogens (tertiary/aromatic N) is 2. The van der Waals surface area contributed by atoms with Crippen LogP contribution < -0.4 is 0 Å². The van der Waals surface area contributed by atoms with E-state index in [0.717, 1.165) is 30.4 Å². The summed E-state index contributed by atoms with van der Waals surface area (Å²) in [5, 5.41) is 0. The van der Waals surface area contributed by atoms with Crippen LogP contribution in [0, 0.1) is 18.8 Å². The number of aromatic nitrogens is 1. The summed E-state index contributed by atoms with van der Waals surface area (Å²) in [5.41, 5.74) is 3.20. The second-order valence-corrected chi connectivity index (χ2v) is 8.62. The van der Waals surface area contributed by atoms with Gasteiger partial charge in [0.05, 0.1) is 4.90 Å². The minimum absolute atomic E-state index is 0.287. The Morgan fingerprint density at radius 2 is 1.93 bits per heavy atom. The fraction of sp³-hybridized carbons (Fsp3) is 0.261. The second-order valence-electron chi connectivity index (χ2n) is 6.76. The molecule has 1 aliphatic rings. The summed E-state index contributed by atoms with van der Waals surface area (Å²) in [5.74, 6) is 6.15. The number of allylic oxidation sites excluding steroid dienone is 3. The van der Waals surface area contributed by atoms with Crippen LogP contribution in [0.2, 0.25) is 0 Å². The Hall–Kier alpha value is -2.84. The highest BCUT2D eigenvalue weighted by molar-refractivity contribution is 7.89. The minimum atomic E-state index is -3.69. The van der Waals surface area contributed by atoms with E-state index in [0.29, 0.717) is 24.4 Å². The van der Waals surface area contributed by atoms with Gasteiger partial charge in [0.15, 0.2) is 0 Å². The topological polar surface area (TPSA) is 50.3 Å². The molecule has 4 nitrogen and oxygen atoms in total. The van der Waals surface area contributed by atoms with Crippen molar-refractivity contribution in [2.45, 2.75) is 37.5 Å². The number of pyridine rings is 1. The fourth-order valence-electron chi connectivity index (χ4n) is 3.16. The van der Waals surface area contributed by atoms with Crippen LogP contribution in [-0.2, 0) is 10.0 Å². The summed E-state index contributed by atoms with van der Waals surface area (Å²) in [6.07, 6.45) is 6.64. The van der Waals surface area contributed by atoms with Crippen molar-refractivity contribution in [2.75, 3.05) is 6.54 Å². The van der Waals surface area contributed by atoms with Crippen molar-refractivity contribution in [3.8, 4) is 11.8 Å². The molecule has 2 heterocycles. The first-order chi connectivity index (χ1) is 13.5. The quantitative estimate of drug-likeness (QED) is 0.571. The molecule has 0 radical (unpaired) electrons. The Kier molecular flexibility index (Phi) is 6.33. The Bertz CT molecular complexity index is 1030. The third-order valence-corrected chi connectivity index (χ3v) is 6.46. The van der Waals surface area contributed by atoms with Crippen LogP contribution >= 0.6 is 0 Å². The van der Waals surface area contributed by atoms with Crippen LogP contribution in [0.3, 0.4) is 0 Å². The average Bonchev–Trinajstić information content (AvgIpc) is 2.90. The van der Waals surface area contributed by atoms with E-state index in [1.165, 1.54) is 4.31 Å². The number of sulfonamides is 1. The summed E-state index contributed by atoms with van der Waals surface area (Å²) < 4.78 is 28.3. The van der Waals surface area contributed by atoms with Crippen molar-refractivity contribution in [3.63, 3.8) is 0 Å². The third kappa shape index (κ3) is 4.52. The molecule has 2 aromatic rings. The molecule has 5 heteroatoms. The summed E-state index contributed by atoms with van der Waals surface area (Å²) in [7, 11) is -3.69. The molecule has 0 N–H and O–H groups in total. The SMILES string of the molecule is C=CCC1=C(C#Cc2ccccn2)N(S(=O)(=O)c2ccc(C)cc2)CCCC1. The van der Waals surface area contributed by atoms with Crippen LogP contribution in [0.1, 0.15) is 36.9 Å². The standard InChI is InChI=1S/C23H24N2O2S/c1-3-8-20-9-5-7-18-25(23(20)16-13-21-10-4-6-17-24-21)28(26,27)22-14-11-19(2)12-15-22/h3-4,6,10-12,14-15,17H,1,5,7-9,18H2,2H3. The molecule has 0 fully saturated rings. The van der Waals surface area contributed by atoms with Crippen LogP contribution in [-0.4, -0.2) is 24.3 Å². The molecule has 28 heavy (non-hydrogen) atoms. The average molecular weight is 393 g/mol. The molecule has 0 atom stereocenters. The first-order valence-corrected chi connectivity index (χ1v) is 10.8. The first kappa shape index (κ1) is 19.9. The van der Waals surface area contributed by atoms with Crippen LogP contribution in [0.25, 0.3) is 0 Å². The molecule has 0 saturated heterocycles. The van der Waals surface area contributed by atoms with Crippen molar-refractivity contribution < 1.29 is 8.42 Å². The summed E-state index contributed by atoms with van der Waals surface area (Å²) in [6, 6.07) is 12.5. The van der Waals surface area contributed by atoms with E-state index in [-0.39, 0.29) is 4.90 Å². The lowest BCUT2D eigenvalue weighted by Crippen LogP contribution is -2.31. The Labute approximate surface area is 167 Å². The van der Waals surface area contributed by atoms with Gasteiger partial charge >= 0.3 is 0 Å². The van der Waals surface area contributed by atoms with Gasteiger partial charge in [-0.25, -0.2) is 13.4 Å². The summed E-state index contributed by atoms with van der Waals surface area (Å²) >= 11 is 0. The molecule has 1 aliphatic heterocycles. The Balaban J connectivity index is 2.10. The number of aryl methyl sites for hydroxylation is 1. The number of hydrogen-bond acceptors (Lipinski definition) is 3. The lowest BCUT2D eigenvalue weighted by Gasteiger charge is -2.24. The second kappa shape index (κ2) is 8.90. The summed E-state index contributed by atoms with van der Waals surface area (Å²) in [6.45, 7) is 6.19. The number of rotatable bonds is 4. The van der Waals surface area contributed by atoms with E-state index in [1.807, 2.05) is 37.3 Å². The maximum absolute atomic E-state index is 13.4. The van der Waals surface area contributed by atoms with Gasteiger partial charge in [-0.05, 0) is 74.3 Å². The molecular weight excluding hydrogens is 368 g/mol. The molecule has 144 valence electrons. The highest BCUT2D eigenvalue weighted by Crippen LogP contribution is 2.29. The van der Waals surface area contributed by atoms with Crippen molar-refractivity contribution in [3.05, 3.63) is 83.8 Å². The smallest absolute Gasteiger partial charge is 0.259 e. The molecule has 0 aliphatic carbocycles. The van der Waals surface area contributed by atoms with Crippen molar-refractivity contribution in [1.29, 1.82) is 0 Å². The number of hydrogen-bond donors (Lipinski definition) is 0. The molecule has 1 aromatic carbocycles. The van der Waals surface area contributed by atoms with Gasteiger partial charge in [0.25, 0.3) is 10.0 Å². The zero-order valence-electron chi connectivity index (χ0n) is 16.1. The van der Waals surface area contributed by atoms with Gasteiger partial charge in [-0.15, -0.1) is 6.58 Å². The Morgan fingerprint density at radius 3 is 2.61 bits per heavy atom. The molecule has 0 unspecified atom stereocenters. The van der Waals surface area contributed by atoms with Gasteiger partial charge in [-0.3, -0.25) is 4.31 Å². The van der Waals surface area contributed by atoms with Gasteiger partial charge in [0.1, 0.15) is 11.4 Å². The predicted molar refractivity (Wildman–Crippen MR) is 112 cm³/mol. The normalized spacial score (nSPS) is 14.8. The van der Waals surface area contributed by atoms with E-state index < -0.39 is 10.0 Å². The molecule has 3 rings (SSSR count). The van der Waals surface area contributed by atoms with Crippen molar-refractivity contribution in [1.82, 2.24) is 9.29 Å². The van der Waals surface area contributed by atoms with Crippen LogP contribution in [0.4, 0.5) is 0 Å². The van der Waals surface area contributed by atoms with E-state index in [9.17, 15) is 8.42 Å². The maximum atomic E-state index is 13.4. The first-order valence-electron chi connectivity index (χ1n) is 9.38. The predicted octanol–water partition coefficient (Wildman–Crippen LogP) is 4.45.